The standard InChI is InChI=1S/C22H32N4O3/c1-6-7-11-26-19(23)18(20(27)24-22(26)29)25(12-10-14(2)3)21(28)17-9-8-15(4)13-16(17)5/h8-9,13-14H,6-7,10-12,23H2,1-5H3,(H,24,27,29). The molecule has 0 bridgehead atoms. The predicted octanol–water partition coefficient (Wildman–Crippen LogP) is 3.23. The Morgan fingerprint density at radius 3 is 2.52 bits per heavy atom. The largest absolute Gasteiger partial charge is 0.383 e. The molecular weight excluding hydrogens is 368 g/mol. The van der Waals surface area contributed by atoms with E-state index in [1.807, 2.05) is 32.9 Å². The van der Waals surface area contributed by atoms with E-state index in [0.29, 0.717) is 31.0 Å². The van der Waals surface area contributed by atoms with Crippen LogP contribution in [-0.4, -0.2) is 22.0 Å². The first-order valence-electron chi connectivity index (χ1n) is 10.2. The van der Waals surface area contributed by atoms with Gasteiger partial charge in [-0.25, -0.2) is 4.79 Å². The van der Waals surface area contributed by atoms with Crippen LogP contribution >= 0.6 is 0 Å². The van der Waals surface area contributed by atoms with Crippen LogP contribution in [0.3, 0.4) is 0 Å². The lowest BCUT2D eigenvalue weighted by atomic mass is 10.0. The van der Waals surface area contributed by atoms with E-state index >= 15 is 0 Å². The van der Waals surface area contributed by atoms with Crippen molar-refractivity contribution in [2.75, 3.05) is 17.2 Å². The molecule has 1 aromatic heterocycles. The number of aryl methyl sites for hydroxylation is 2. The number of aromatic amines is 1. The highest BCUT2D eigenvalue weighted by molar-refractivity contribution is 6.08. The van der Waals surface area contributed by atoms with Crippen LogP contribution in [0.4, 0.5) is 11.5 Å². The maximum absolute atomic E-state index is 13.4. The normalized spacial score (nSPS) is 11.1. The smallest absolute Gasteiger partial charge is 0.330 e. The summed E-state index contributed by atoms with van der Waals surface area (Å²) in [5.74, 6) is 0.0748. The van der Waals surface area contributed by atoms with Crippen LogP contribution in [0.2, 0.25) is 0 Å². The molecule has 3 N–H and O–H groups in total. The molecule has 0 aliphatic carbocycles. The van der Waals surface area contributed by atoms with Crippen LogP contribution in [0.5, 0.6) is 0 Å². The molecule has 0 aliphatic rings. The summed E-state index contributed by atoms with van der Waals surface area (Å²) < 4.78 is 1.35. The highest BCUT2D eigenvalue weighted by Gasteiger charge is 2.26. The van der Waals surface area contributed by atoms with Crippen molar-refractivity contribution < 1.29 is 4.79 Å². The molecule has 0 aliphatic heterocycles. The molecule has 29 heavy (non-hydrogen) atoms. The number of amides is 1. The Bertz CT molecular complexity index is 989. The average Bonchev–Trinajstić information content (AvgIpc) is 2.63. The number of nitrogens with two attached hydrogens (primary N) is 1. The number of carbonyl (C=O) groups excluding carboxylic acids is 1. The van der Waals surface area contributed by atoms with Gasteiger partial charge in [-0.15, -0.1) is 0 Å². The number of unbranched alkanes of at least 4 members (excludes halogenated alkanes) is 1. The molecule has 2 aromatic rings. The molecule has 7 nitrogen and oxygen atoms in total. The summed E-state index contributed by atoms with van der Waals surface area (Å²) in [5.41, 5.74) is 7.53. The number of rotatable bonds is 8. The number of aromatic nitrogens is 2. The lowest BCUT2D eigenvalue weighted by Crippen LogP contribution is -2.42. The molecule has 158 valence electrons. The number of nitrogen functional groups attached to an aromatic ring is 1. The molecule has 0 unspecified atom stereocenters. The van der Waals surface area contributed by atoms with Crippen molar-refractivity contribution in [1.29, 1.82) is 0 Å². The molecule has 7 heteroatoms. The lowest BCUT2D eigenvalue weighted by molar-refractivity contribution is 0.0985. The first-order chi connectivity index (χ1) is 13.7. The number of hydrogen-bond donors (Lipinski definition) is 2. The molecule has 0 spiro atoms. The Morgan fingerprint density at radius 1 is 1.24 bits per heavy atom. The fraction of sp³-hybridized carbons (Fsp3) is 0.500. The summed E-state index contributed by atoms with van der Waals surface area (Å²) in [6.07, 6.45) is 2.31. The van der Waals surface area contributed by atoms with Gasteiger partial charge in [0.2, 0.25) is 0 Å². The van der Waals surface area contributed by atoms with E-state index in [1.54, 1.807) is 6.07 Å². The van der Waals surface area contributed by atoms with E-state index < -0.39 is 11.2 Å². The maximum atomic E-state index is 13.4. The van der Waals surface area contributed by atoms with Crippen LogP contribution in [0.25, 0.3) is 0 Å². The number of anilines is 2. The van der Waals surface area contributed by atoms with Gasteiger partial charge in [0.1, 0.15) is 5.82 Å². The van der Waals surface area contributed by atoms with Gasteiger partial charge in [-0.2, -0.15) is 0 Å². The number of nitrogens with zero attached hydrogens (tertiary/aromatic N) is 2. The van der Waals surface area contributed by atoms with Crippen molar-refractivity contribution in [3.63, 3.8) is 0 Å². The molecule has 0 radical (unpaired) electrons. The van der Waals surface area contributed by atoms with Crippen LogP contribution in [-0.2, 0) is 6.54 Å². The third-order valence-electron chi connectivity index (χ3n) is 5.01. The fourth-order valence-corrected chi connectivity index (χ4v) is 3.28. The molecule has 0 saturated carbocycles. The van der Waals surface area contributed by atoms with Gasteiger partial charge in [0.15, 0.2) is 5.69 Å². The Kier molecular flexibility index (Phi) is 7.42. The third-order valence-corrected chi connectivity index (χ3v) is 5.01. The van der Waals surface area contributed by atoms with Gasteiger partial charge in [0, 0.05) is 18.7 Å². The van der Waals surface area contributed by atoms with Crippen molar-refractivity contribution in [1.82, 2.24) is 9.55 Å². The summed E-state index contributed by atoms with van der Waals surface area (Å²) in [6, 6.07) is 5.58. The summed E-state index contributed by atoms with van der Waals surface area (Å²) in [5, 5.41) is 0. The number of H-pyrrole nitrogens is 1. The van der Waals surface area contributed by atoms with Crippen molar-refractivity contribution >= 4 is 17.4 Å². The highest BCUT2D eigenvalue weighted by atomic mass is 16.2. The van der Waals surface area contributed by atoms with Gasteiger partial charge in [-0.1, -0.05) is 44.9 Å². The van der Waals surface area contributed by atoms with E-state index in [4.69, 9.17) is 5.73 Å². The van der Waals surface area contributed by atoms with Crippen LogP contribution in [0.15, 0.2) is 27.8 Å². The molecule has 2 rings (SSSR count). The minimum absolute atomic E-state index is 0.0362. The summed E-state index contributed by atoms with van der Waals surface area (Å²) in [4.78, 5) is 42.2. The molecule has 1 aromatic carbocycles. The van der Waals surface area contributed by atoms with Crippen molar-refractivity contribution in [2.45, 2.75) is 60.4 Å². The molecule has 1 heterocycles. The maximum Gasteiger partial charge on any atom is 0.330 e. The molecule has 1 amide bonds. The minimum Gasteiger partial charge on any atom is -0.383 e. The van der Waals surface area contributed by atoms with Gasteiger partial charge in [-0.3, -0.25) is 19.1 Å². The first-order valence-corrected chi connectivity index (χ1v) is 10.2. The SMILES string of the molecule is CCCCn1c(N)c(N(CCC(C)C)C(=O)c2ccc(C)cc2C)c(=O)[nH]c1=O. The zero-order valence-electron chi connectivity index (χ0n) is 18.0. The lowest BCUT2D eigenvalue weighted by Gasteiger charge is -2.26. The van der Waals surface area contributed by atoms with Gasteiger partial charge < -0.3 is 10.6 Å². The van der Waals surface area contributed by atoms with Gasteiger partial charge >= 0.3 is 5.69 Å². The minimum atomic E-state index is -0.637. The topological polar surface area (TPSA) is 101 Å². The van der Waals surface area contributed by atoms with Crippen LogP contribution in [0.1, 0.15) is 61.5 Å². The fourth-order valence-electron chi connectivity index (χ4n) is 3.28. The second-order valence-corrected chi connectivity index (χ2v) is 7.96. The van der Waals surface area contributed by atoms with Crippen molar-refractivity contribution in [3.8, 4) is 0 Å². The van der Waals surface area contributed by atoms with E-state index in [1.165, 1.54) is 9.47 Å². The highest BCUT2D eigenvalue weighted by Crippen LogP contribution is 2.23. The summed E-state index contributed by atoms with van der Waals surface area (Å²) in [6.45, 7) is 10.7. The predicted molar refractivity (Wildman–Crippen MR) is 118 cm³/mol. The molecule has 0 fully saturated rings. The average molecular weight is 401 g/mol. The Labute approximate surface area is 171 Å². The Hall–Kier alpha value is -2.83. The zero-order chi connectivity index (χ0) is 21.7. The Morgan fingerprint density at radius 2 is 1.93 bits per heavy atom. The second-order valence-electron chi connectivity index (χ2n) is 7.96. The van der Waals surface area contributed by atoms with Gasteiger partial charge in [-0.05, 0) is 44.2 Å². The number of hydrogen-bond acceptors (Lipinski definition) is 4. The third kappa shape index (κ3) is 5.16. The molecule has 0 atom stereocenters. The zero-order valence-corrected chi connectivity index (χ0v) is 18.0. The van der Waals surface area contributed by atoms with E-state index in [9.17, 15) is 14.4 Å². The first kappa shape index (κ1) is 22.5. The summed E-state index contributed by atoms with van der Waals surface area (Å²) in [7, 11) is 0. The van der Waals surface area contributed by atoms with Crippen molar-refractivity contribution in [2.24, 2.45) is 5.92 Å². The quantitative estimate of drug-likeness (QED) is 0.710. The molecule has 0 saturated heterocycles. The van der Waals surface area contributed by atoms with E-state index in [0.717, 1.165) is 24.0 Å². The van der Waals surface area contributed by atoms with Gasteiger partial charge in [0.05, 0.1) is 0 Å². The number of nitrogens with one attached hydrogen (secondary N) is 1. The summed E-state index contributed by atoms with van der Waals surface area (Å²) >= 11 is 0. The molecular formula is C22H32N4O3. The monoisotopic (exact) mass is 400 g/mol. The van der Waals surface area contributed by atoms with Crippen molar-refractivity contribution in [3.05, 3.63) is 55.7 Å². The van der Waals surface area contributed by atoms with E-state index in [2.05, 4.69) is 18.8 Å². The Balaban J connectivity index is 2.62. The number of benzene rings is 1. The second kappa shape index (κ2) is 9.58. The van der Waals surface area contributed by atoms with Gasteiger partial charge in [0.25, 0.3) is 11.5 Å². The van der Waals surface area contributed by atoms with Crippen LogP contribution < -0.4 is 21.9 Å². The van der Waals surface area contributed by atoms with E-state index in [-0.39, 0.29) is 17.4 Å². The number of carbonyl (C=O) groups is 1. The van der Waals surface area contributed by atoms with Crippen LogP contribution in [0, 0.1) is 19.8 Å².